The fourth-order valence-corrected chi connectivity index (χ4v) is 5.53. The molecule has 0 bridgehead atoms. The molecule has 0 aliphatic rings. The minimum Gasteiger partial charge on any atom is -0.493 e. The summed E-state index contributed by atoms with van der Waals surface area (Å²) in [5.74, 6) is 4.03. The monoisotopic (exact) mass is 571 g/mol. The van der Waals surface area contributed by atoms with Crippen LogP contribution in [0, 0.1) is 0 Å². The fourth-order valence-electron chi connectivity index (χ4n) is 4.56. The minimum absolute atomic E-state index is 0.381. The summed E-state index contributed by atoms with van der Waals surface area (Å²) in [4.78, 5) is 4.73. The van der Waals surface area contributed by atoms with Crippen molar-refractivity contribution in [3.05, 3.63) is 90.0 Å². The average molecular weight is 572 g/mol. The van der Waals surface area contributed by atoms with E-state index in [1.165, 1.54) is 4.70 Å². The highest BCUT2D eigenvalue weighted by Gasteiger charge is 2.14. The van der Waals surface area contributed by atoms with E-state index in [9.17, 15) is 0 Å². The first-order valence-electron chi connectivity index (χ1n) is 13.3. The quantitative estimate of drug-likeness (QED) is 0.138. The Morgan fingerprint density at radius 3 is 1.95 bits per heavy atom. The lowest BCUT2D eigenvalue weighted by Crippen LogP contribution is -2.09. The summed E-state index contributed by atoms with van der Waals surface area (Å²) in [6.07, 6.45) is 1.59. The Bertz CT molecular complexity index is 1540. The van der Waals surface area contributed by atoms with Crippen molar-refractivity contribution in [2.75, 3.05) is 41.7 Å². The Morgan fingerprint density at radius 1 is 0.610 bits per heavy atom. The van der Waals surface area contributed by atoms with Gasteiger partial charge in [0.1, 0.15) is 24.0 Å². The van der Waals surface area contributed by atoms with Crippen molar-refractivity contribution in [2.24, 2.45) is 0 Å². The normalized spacial score (nSPS) is 10.8. The molecule has 0 saturated heterocycles. The Hall–Kier alpha value is -4.43. The second kappa shape index (κ2) is 13.3. The number of methoxy groups -OCH3 is 4. The van der Waals surface area contributed by atoms with Gasteiger partial charge in [0.15, 0.2) is 23.0 Å². The van der Waals surface area contributed by atoms with Crippen molar-refractivity contribution in [1.29, 1.82) is 0 Å². The molecule has 0 radical (unpaired) electrons. The number of thiazole rings is 1. The lowest BCUT2D eigenvalue weighted by atomic mass is 10.0. The molecule has 8 heteroatoms. The molecule has 1 aromatic heterocycles. The predicted molar refractivity (Wildman–Crippen MR) is 163 cm³/mol. The number of benzene rings is 4. The number of hydrogen-bond acceptors (Lipinski definition) is 8. The number of hydrogen-bond donors (Lipinski definition) is 0. The number of fused-ring (bicyclic) bond motifs is 1. The number of ether oxygens (including phenoxy) is 6. The van der Waals surface area contributed by atoms with Crippen LogP contribution in [0.3, 0.4) is 0 Å². The van der Waals surface area contributed by atoms with Gasteiger partial charge < -0.3 is 28.4 Å². The Balaban J connectivity index is 1.16. The van der Waals surface area contributed by atoms with Gasteiger partial charge in [-0.3, -0.25) is 0 Å². The van der Waals surface area contributed by atoms with Gasteiger partial charge in [-0.15, -0.1) is 11.3 Å². The Kier molecular flexibility index (Phi) is 9.11. The van der Waals surface area contributed by atoms with Gasteiger partial charge in [0, 0.05) is 5.56 Å². The molecule has 212 valence electrons. The molecule has 5 aromatic rings. The first-order valence-corrected chi connectivity index (χ1v) is 14.1. The molecule has 0 unspecified atom stereocenters. The summed E-state index contributed by atoms with van der Waals surface area (Å²) in [5, 5.41) is 0.998. The van der Waals surface area contributed by atoms with Crippen LogP contribution in [0.5, 0.6) is 34.5 Å². The second-order valence-corrected chi connectivity index (χ2v) is 10.3. The molecule has 4 aromatic carbocycles. The van der Waals surface area contributed by atoms with Crippen LogP contribution < -0.4 is 28.4 Å². The third-order valence-electron chi connectivity index (χ3n) is 6.66. The van der Waals surface area contributed by atoms with E-state index in [1.807, 2.05) is 72.8 Å². The number of para-hydroxylation sites is 1. The molecule has 0 atom stereocenters. The maximum Gasteiger partial charge on any atom is 0.203 e. The molecule has 1 heterocycles. The molecule has 41 heavy (non-hydrogen) atoms. The summed E-state index contributed by atoms with van der Waals surface area (Å²) in [5.41, 5.74) is 4.30. The van der Waals surface area contributed by atoms with E-state index in [4.69, 9.17) is 33.4 Å². The summed E-state index contributed by atoms with van der Waals surface area (Å²) >= 11 is 1.69. The molecular formula is C33H33NO6S. The fraction of sp³-hybridized carbons (Fsp3) is 0.242. The van der Waals surface area contributed by atoms with Crippen LogP contribution in [0.2, 0.25) is 0 Å². The molecule has 0 aliphatic carbocycles. The van der Waals surface area contributed by atoms with Gasteiger partial charge in [-0.2, -0.15) is 0 Å². The van der Waals surface area contributed by atoms with Crippen LogP contribution in [-0.4, -0.2) is 46.6 Å². The van der Waals surface area contributed by atoms with Crippen molar-refractivity contribution in [3.63, 3.8) is 0 Å². The number of aryl methyl sites for hydroxylation is 2. The van der Waals surface area contributed by atoms with E-state index in [0.29, 0.717) is 42.0 Å². The Labute approximate surface area is 244 Å². The number of rotatable bonds is 13. The SMILES string of the molecule is COc1ccc(CCc2cc(OC)c(OC)c(OC)c2)cc1OCCOc1ccc(-c2nc3ccccc3s2)cc1. The van der Waals surface area contributed by atoms with E-state index in [-0.39, 0.29) is 0 Å². The molecule has 0 amide bonds. The maximum absolute atomic E-state index is 6.06. The smallest absolute Gasteiger partial charge is 0.203 e. The molecule has 0 saturated carbocycles. The molecular weight excluding hydrogens is 538 g/mol. The van der Waals surface area contributed by atoms with Crippen molar-refractivity contribution in [3.8, 4) is 45.1 Å². The lowest BCUT2D eigenvalue weighted by molar-refractivity contribution is 0.211. The second-order valence-electron chi connectivity index (χ2n) is 9.23. The van der Waals surface area contributed by atoms with Gasteiger partial charge in [0.2, 0.25) is 5.75 Å². The third kappa shape index (κ3) is 6.66. The van der Waals surface area contributed by atoms with E-state index >= 15 is 0 Å². The van der Waals surface area contributed by atoms with E-state index in [1.54, 1.807) is 39.8 Å². The summed E-state index contributed by atoms with van der Waals surface area (Å²) in [6.45, 7) is 0.783. The Morgan fingerprint density at radius 2 is 1.27 bits per heavy atom. The molecule has 0 aliphatic heterocycles. The third-order valence-corrected chi connectivity index (χ3v) is 7.75. The highest BCUT2D eigenvalue weighted by atomic mass is 32.1. The van der Waals surface area contributed by atoms with Crippen LogP contribution in [-0.2, 0) is 12.8 Å². The molecule has 0 fully saturated rings. The molecule has 0 spiro atoms. The van der Waals surface area contributed by atoms with Crippen LogP contribution in [0.25, 0.3) is 20.8 Å². The lowest BCUT2D eigenvalue weighted by Gasteiger charge is -2.15. The largest absolute Gasteiger partial charge is 0.493 e. The van der Waals surface area contributed by atoms with Gasteiger partial charge in [-0.25, -0.2) is 4.98 Å². The zero-order chi connectivity index (χ0) is 28.6. The van der Waals surface area contributed by atoms with Gasteiger partial charge in [-0.1, -0.05) is 18.2 Å². The summed E-state index contributed by atoms with van der Waals surface area (Å²) in [7, 11) is 6.49. The van der Waals surface area contributed by atoms with Crippen LogP contribution in [0.15, 0.2) is 78.9 Å². The average Bonchev–Trinajstić information content (AvgIpc) is 3.46. The zero-order valence-electron chi connectivity index (χ0n) is 23.6. The topological polar surface area (TPSA) is 68.3 Å². The van der Waals surface area contributed by atoms with Crippen LogP contribution in [0.4, 0.5) is 0 Å². The zero-order valence-corrected chi connectivity index (χ0v) is 24.5. The predicted octanol–water partition coefficient (Wildman–Crippen LogP) is 7.24. The van der Waals surface area contributed by atoms with Crippen molar-refractivity contribution in [2.45, 2.75) is 12.8 Å². The van der Waals surface area contributed by atoms with Crippen molar-refractivity contribution < 1.29 is 28.4 Å². The highest BCUT2D eigenvalue weighted by Crippen LogP contribution is 2.39. The van der Waals surface area contributed by atoms with Crippen molar-refractivity contribution >= 4 is 21.6 Å². The molecule has 7 nitrogen and oxygen atoms in total. The molecule has 5 rings (SSSR count). The molecule has 0 N–H and O–H groups in total. The maximum atomic E-state index is 6.06. The van der Waals surface area contributed by atoms with Gasteiger partial charge >= 0.3 is 0 Å². The number of aromatic nitrogens is 1. The minimum atomic E-state index is 0.381. The van der Waals surface area contributed by atoms with Gasteiger partial charge in [-0.05, 0) is 84.6 Å². The van der Waals surface area contributed by atoms with Crippen molar-refractivity contribution in [1.82, 2.24) is 4.98 Å². The van der Waals surface area contributed by atoms with Crippen LogP contribution >= 0.6 is 11.3 Å². The summed E-state index contributed by atoms with van der Waals surface area (Å²) < 4.78 is 35.1. The standard InChI is InChI=1S/C33H33NO6S/c1-35-27-16-11-22(9-10-23-20-29(36-2)32(38-4)30(21-23)37-3)19-28(27)40-18-17-39-25-14-12-24(13-15-25)33-34-26-7-5-6-8-31(26)41-33/h5-8,11-16,19-21H,9-10,17-18H2,1-4H3. The first kappa shape index (κ1) is 28.1. The van der Waals surface area contributed by atoms with E-state index in [2.05, 4.69) is 6.07 Å². The van der Waals surface area contributed by atoms with Gasteiger partial charge in [0.25, 0.3) is 0 Å². The van der Waals surface area contributed by atoms with Gasteiger partial charge in [0.05, 0.1) is 38.7 Å². The summed E-state index contributed by atoms with van der Waals surface area (Å²) in [6, 6.07) is 26.1. The number of nitrogens with zero attached hydrogens (tertiary/aromatic N) is 1. The first-order chi connectivity index (χ1) is 20.1. The van der Waals surface area contributed by atoms with E-state index < -0.39 is 0 Å². The highest BCUT2D eigenvalue weighted by molar-refractivity contribution is 7.21. The van der Waals surface area contributed by atoms with E-state index in [0.717, 1.165) is 45.8 Å². The van der Waals surface area contributed by atoms with Crippen LogP contribution in [0.1, 0.15) is 11.1 Å².